The Hall–Kier alpha value is -3.74. The molecule has 6 nitrogen and oxygen atoms in total. The Morgan fingerprint density at radius 2 is 1.50 bits per heavy atom. The number of benzene rings is 3. The van der Waals surface area contributed by atoms with Crippen LogP contribution in [0.3, 0.4) is 0 Å². The Balaban J connectivity index is 1.21. The van der Waals surface area contributed by atoms with Crippen LogP contribution in [0.25, 0.3) is 16.8 Å². The summed E-state index contributed by atoms with van der Waals surface area (Å²) >= 11 is 0. The number of hydrogen-bond acceptors (Lipinski definition) is 4. The molecule has 3 aromatic carbocycles. The Labute approximate surface area is 199 Å². The largest absolute Gasteiger partial charge is 0.378 e. The monoisotopic (exact) mass is 452 g/mol. The molecule has 0 bridgehead atoms. The van der Waals surface area contributed by atoms with Gasteiger partial charge in [0.2, 0.25) is 0 Å². The summed E-state index contributed by atoms with van der Waals surface area (Å²) in [6, 6.07) is 27.9. The van der Waals surface area contributed by atoms with Gasteiger partial charge in [-0.25, -0.2) is 4.68 Å². The SMILES string of the molecule is Cc1cc(C(N)=O)nn1-c1ccc(Cc2ccc(-c3ccc(CNC4COC4)cc3)cc2)cc1. The fourth-order valence-corrected chi connectivity index (χ4v) is 4.09. The first-order chi connectivity index (χ1) is 16.5. The zero-order valence-electron chi connectivity index (χ0n) is 19.2. The Kier molecular flexibility index (Phi) is 6.25. The average molecular weight is 453 g/mol. The Morgan fingerprint density at radius 3 is 2.00 bits per heavy atom. The third kappa shape index (κ3) is 4.93. The number of hydrogen-bond donors (Lipinski definition) is 2. The fraction of sp³-hybridized carbons (Fsp3) is 0.214. The molecule has 1 aliphatic rings. The lowest BCUT2D eigenvalue weighted by molar-refractivity contribution is -0.00578. The van der Waals surface area contributed by atoms with Gasteiger partial charge in [-0.1, -0.05) is 60.7 Å². The molecule has 1 amide bonds. The van der Waals surface area contributed by atoms with Gasteiger partial charge in [-0.3, -0.25) is 4.79 Å². The lowest BCUT2D eigenvalue weighted by atomic mass is 9.99. The molecular weight excluding hydrogens is 424 g/mol. The van der Waals surface area contributed by atoms with E-state index in [0.717, 1.165) is 37.6 Å². The first-order valence-electron chi connectivity index (χ1n) is 11.5. The number of nitrogens with zero attached hydrogens (tertiary/aromatic N) is 2. The van der Waals surface area contributed by atoms with Crippen LogP contribution in [0.4, 0.5) is 0 Å². The highest BCUT2D eigenvalue weighted by molar-refractivity contribution is 5.90. The third-order valence-corrected chi connectivity index (χ3v) is 6.20. The maximum absolute atomic E-state index is 11.4. The molecule has 5 rings (SSSR count). The van der Waals surface area contributed by atoms with E-state index >= 15 is 0 Å². The number of nitrogens with two attached hydrogens (primary N) is 1. The topological polar surface area (TPSA) is 82.2 Å². The number of primary amides is 1. The summed E-state index contributed by atoms with van der Waals surface area (Å²) in [7, 11) is 0. The molecule has 1 aromatic heterocycles. The van der Waals surface area contributed by atoms with Crippen LogP contribution >= 0.6 is 0 Å². The molecule has 1 fully saturated rings. The standard InChI is InChI=1S/C28H28N4O2/c1-19-14-27(28(29)33)31-32(19)26-12-6-21(7-13-26)15-20-2-8-23(9-3-20)24-10-4-22(5-11-24)16-30-25-17-34-18-25/h2-14,25,30H,15-18H2,1H3,(H2,29,33). The van der Waals surface area contributed by atoms with Crippen molar-refractivity contribution in [2.45, 2.75) is 25.9 Å². The molecule has 0 unspecified atom stereocenters. The molecule has 1 aliphatic heterocycles. The van der Waals surface area contributed by atoms with E-state index in [9.17, 15) is 4.79 Å². The summed E-state index contributed by atoms with van der Waals surface area (Å²) in [5.41, 5.74) is 13.6. The van der Waals surface area contributed by atoms with Gasteiger partial charge in [0.1, 0.15) is 0 Å². The third-order valence-electron chi connectivity index (χ3n) is 6.20. The van der Waals surface area contributed by atoms with Gasteiger partial charge >= 0.3 is 0 Å². The highest BCUT2D eigenvalue weighted by atomic mass is 16.5. The van der Waals surface area contributed by atoms with Crippen molar-refractivity contribution in [2.24, 2.45) is 5.73 Å². The van der Waals surface area contributed by atoms with E-state index in [1.54, 1.807) is 10.7 Å². The van der Waals surface area contributed by atoms with Crippen molar-refractivity contribution in [1.82, 2.24) is 15.1 Å². The highest BCUT2D eigenvalue weighted by Gasteiger charge is 2.16. The Morgan fingerprint density at radius 1 is 0.941 bits per heavy atom. The number of aromatic nitrogens is 2. The van der Waals surface area contributed by atoms with Crippen LogP contribution in [0.15, 0.2) is 78.9 Å². The normalized spacial score (nSPS) is 13.6. The van der Waals surface area contributed by atoms with Gasteiger partial charge < -0.3 is 15.8 Å². The zero-order valence-corrected chi connectivity index (χ0v) is 19.2. The van der Waals surface area contributed by atoms with Crippen LogP contribution in [-0.4, -0.2) is 34.9 Å². The van der Waals surface area contributed by atoms with Crippen molar-refractivity contribution in [1.29, 1.82) is 0 Å². The second-order valence-corrected chi connectivity index (χ2v) is 8.80. The smallest absolute Gasteiger partial charge is 0.269 e. The van der Waals surface area contributed by atoms with Crippen LogP contribution in [-0.2, 0) is 17.7 Å². The number of ether oxygens (including phenoxy) is 1. The van der Waals surface area contributed by atoms with Gasteiger partial charge in [0.15, 0.2) is 5.69 Å². The van der Waals surface area contributed by atoms with Crippen molar-refractivity contribution in [3.8, 4) is 16.8 Å². The van der Waals surface area contributed by atoms with E-state index < -0.39 is 5.91 Å². The van der Waals surface area contributed by atoms with Gasteiger partial charge in [-0.05, 0) is 59.4 Å². The first-order valence-corrected chi connectivity index (χ1v) is 11.5. The molecule has 0 atom stereocenters. The van der Waals surface area contributed by atoms with Crippen molar-refractivity contribution in [3.63, 3.8) is 0 Å². The first kappa shape index (κ1) is 22.1. The predicted molar refractivity (Wildman–Crippen MR) is 133 cm³/mol. The molecule has 3 N–H and O–H groups in total. The number of aryl methyl sites for hydroxylation is 1. The summed E-state index contributed by atoms with van der Waals surface area (Å²) in [4.78, 5) is 11.4. The van der Waals surface area contributed by atoms with E-state index in [0.29, 0.717) is 6.04 Å². The molecule has 0 saturated carbocycles. The second kappa shape index (κ2) is 9.63. The second-order valence-electron chi connectivity index (χ2n) is 8.80. The number of carbonyl (C=O) groups is 1. The molecule has 2 heterocycles. The summed E-state index contributed by atoms with van der Waals surface area (Å²) in [6.45, 7) is 4.41. The maximum Gasteiger partial charge on any atom is 0.269 e. The zero-order chi connectivity index (χ0) is 23.5. The summed E-state index contributed by atoms with van der Waals surface area (Å²) in [5, 5.41) is 7.79. The quantitative estimate of drug-likeness (QED) is 0.423. The number of nitrogens with one attached hydrogen (secondary N) is 1. The van der Waals surface area contributed by atoms with Crippen LogP contribution in [0.1, 0.15) is 32.9 Å². The molecule has 4 aromatic rings. The lowest BCUT2D eigenvalue weighted by Crippen LogP contribution is -2.45. The molecule has 0 spiro atoms. The van der Waals surface area contributed by atoms with E-state index in [1.807, 2.05) is 19.1 Å². The van der Waals surface area contributed by atoms with Gasteiger partial charge in [0.05, 0.1) is 24.9 Å². The molecule has 34 heavy (non-hydrogen) atoms. The van der Waals surface area contributed by atoms with Gasteiger partial charge in [-0.15, -0.1) is 0 Å². The summed E-state index contributed by atoms with van der Waals surface area (Å²) in [6.07, 6.45) is 0.848. The van der Waals surface area contributed by atoms with Gasteiger partial charge in [0, 0.05) is 12.2 Å². The van der Waals surface area contributed by atoms with E-state index in [1.165, 1.54) is 27.8 Å². The van der Waals surface area contributed by atoms with Crippen molar-refractivity contribution >= 4 is 5.91 Å². The number of amides is 1. The number of carbonyl (C=O) groups excluding carboxylic acids is 1. The lowest BCUT2D eigenvalue weighted by Gasteiger charge is -2.27. The predicted octanol–water partition coefficient (Wildman–Crippen LogP) is 4.03. The maximum atomic E-state index is 11.4. The minimum atomic E-state index is -0.519. The number of rotatable bonds is 8. The van der Waals surface area contributed by atoms with Crippen LogP contribution in [0.2, 0.25) is 0 Å². The van der Waals surface area contributed by atoms with Crippen molar-refractivity contribution < 1.29 is 9.53 Å². The molecule has 172 valence electrons. The molecule has 1 saturated heterocycles. The van der Waals surface area contributed by atoms with Crippen LogP contribution < -0.4 is 11.1 Å². The van der Waals surface area contributed by atoms with E-state index in [2.05, 4.69) is 71.1 Å². The van der Waals surface area contributed by atoms with Gasteiger partial charge in [-0.2, -0.15) is 5.10 Å². The molecule has 0 aliphatic carbocycles. The summed E-state index contributed by atoms with van der Waals surface area (Å²) in [5.74, 6) is -0.519. The minimum absolute atomic E-state index is 0.275. The molecule has 6 heteroatoms. The summed E-state index contributed by atoms with van der Waals surface area (Å²) < 4.78 is 6.94. The van der Waals surface area contributed by atoms with Crippen molar-refractivity contribution in [2.75, 3.05) is 13.2 Å². The van der Waals surface area contributed by atoms with Crippen LogP contribution in [0.5, 0.6) is 0 Å². The minimum Gasteiger partial charge on any atom is -0.378 e. The molecule has 0 radical (unpaired) electrons. The van der Waals surface area contributed by atoms with E-state index in [-0.39, 0.29) is 5.69 Å². The highest BCUT2D eigenvalue weighted by Crippen LogP contribution is 2.22. The Bertz CT molecular complexity index is 1270. The average Bonchev–Trinajstić information content (AvgIpc) is 3.22. The van der Waals surface area contributed by atoms with E-state index in [4.69, 9.17) is 10.5 Å². The van der Waals surface area contributed by atoms with Crippen molar-refractivity contribution in [3.05, 3.63) is 107 Å². The van der Waals surface area contributed by atoms with Gasteiger partial charge in [0.25, 0.3) is 5.91 Å². The fourth-order valence-electron chi connectivity index (χ4n) is 4.09. The van der Waals surface area contributed by atoms with Crippen LogP contribution in [0, 0.1) is 6.92 Å². The molecular formula is C28H28N4O2.